The van der Waals surface area contributed by atoms with E-state index in [1.807, 2.05) is 0 Å². The van der Waals surface area contributed by atoms with Gasteiger partial charge < -0.3 is 14.2 Å². The first-order valence-corrected chi connectivity index (χ1v) is 8.56. The van der Waals surface area contributed by atoms with Gasteiger partial charge in [0, 0.05) is 17.8 Å². The van der Waals surface area contributed by atoms with Gasteiger partial charge >= 0.3 is 6.36 Å². The number of nitrogens with zero attached hydrogens (tertiary/aromatic N) is 5. The number of pyridine rings is 1. The van der Waals surface area contributed by atoms with Gasteiger partial charge in [0.1, 0.15) is 11.6 Å². The third-order valence-electron chi connectivity index (χ3n) is 4.00. The summed E-state index contributed by atoms with van der Waals surface area (Å²) in [6, 6.07) is 8.15. The van der Waals surface area contributed by atoms with Crippen LogP contribution in [0.15, 0.2) is 51.9 Å². The topological polar surface area (TPSA) is 112 Å². The number of ether oxygens (including phenoxy) is 1. The van der Waals surface area contributed by atoms with E-state index in [2.05, 4.69) is 29.9 Å². The molecule has 154 valence electrons. The smallest absolute Gasteiger partial charge is 0.406 e. The first-order chi connectivity index (χ1) is 14.3. The molecule has 0 spiro atoms. The van der Waals surface area contributed by atoms with E-state index in [1.54, 1.807) is 23.9 Å². The Hall–Kier alpha value is -3.96. The maximum atomic E-state index is 12.3. The summed E-state index contributed by atoms with van der Waals surface area (Å²) in [5.74, 6) is 0.660. The first-order valence-electron chi connectivity index (χ1n) is 8.56. The third kappa shape index (κ3) is 4.37. The van der Waals surface area contributed by atoms with Gasteiger partial charge in [-0.1, -0.05) is 11.2 Å². The Morgan fingerprint density at radius 2 is 1.87 bits per heavy atom. The van der Waals surface area contributed by atoms with Crippen LogP contribution in [-0.4, -0.2) is 36.3 Å². The Morgan fingerprint density at radius 3 is 2.53 bits per heavy atom. The van der Waals surface area contributed by atoms with Crippen LogP contribution >= 0.6 is 0 Å². The lowest BCUT2D eigenvalue weighted by atomic mass is 10.2. The summed E-state index contributed by atoms with van der Waals surface area (Å²) in [7, 11) is 0. The fraction of sp³-hybridized carbons (Fsp3) is 0.167. The fourth-order valence-corrected chi connectivity index (χ4v) is 2.61. The molecule has 30 heavy (non-hydrogen) atoms. The molecular weight excluding hydrogens is 405 g/mol. The molecular formula is C18H13F3N6O3. The van der Waals surface area contributed by atoms with Crippen LogP contribution in [0.1, 0.15) is 11.4 Å². The minimum atomic E-state index is -4.77. The summed E-state index contributed by atoms with van der Waals surface area (Å²) < 4.78 is 47.4. The van der Waals surface area contributed by atoms with Gasteiger partial charge in [0.2, 0.25) is 17.2 Å². The Bertz CT molecular complexity index is 1210. The standard InChI is InChI=1S/C18H13F3N6O3/c1-10-23-16(25-27(10)9-11-2-7-14(28)22-8-11)17-24-15(26-30-17)12-3-5-13(6-4-12)29-18(19,20)21/h2-8H,9H2,1H3,(H,22,28). The molecule has 0 bridgehead atoms. The Labute approximate surface area is 166 Å². The molecule has 4 aromatic rings. The number of nitrogens with one attached hydrogen (secondary N) is 1. The van der Waals surface area contributed by atoms with E-state index in [1.165, 1.54) is 18.2 Å². The molecule has 1 aromatic carbocycles. The van der Waals surface area contributed by atoms with E-state index in [9.17, 15) is 18.0 Å². The van der Waals surface area contributed by atoms with Crippen molar-refractivity contribution in [1.29, 1.82) is 0 Å². The number of aromatic nitrogens is 6. The molecule has 0 atom stereocenters. The van der Waals surface area contributed by atoms with E-state index < -0.39 is 6.36 Å². The molecule has 0 unspecified atom stereocenters. The lowest BCUT2D eigenvalue weighted by Crippen LogP contribution is -2.16. The summed E-state index contributed by atoms with van der Waals surface area (Å²) >= 11 is 0. The number of rotatable bonds is 5. The minimum Gasteiger partial charge on any atom is -0.406 e. The number of benzene rings is 1. The van der Waals surface area contributed by atoms with Crippen molar-refractivity contribution < 1.29 is 22.4 Å². The van der Waals surface area contributed by atoms with Crippen LogP contribution in [0.3, 0.4) is 0 Å². The van der Waals surface area contributed by atoms with Crippen molar-refractivity contribution in [2.45, 2.75) is 19.8 Å². The van der Waals surface area contributed by atoms with E-state index in [-0.39, 0.29) is 28.8 Å². The minimum absolute atomic E-state index is 0.0592. The second-order valence-corrected chi connectivity index (χ2v) is 6.20. The van der Waals surface area contributed by atoms with Crippen LogP contribution in [0.2, 0.25) is 0 Å². The third-order valence-corrected chi connectivity index (χ3v) is 4.00. The molecule has 0 fully saturated rings. The van der Waals surface area contributed by atoms with Gasteiger partial charge in [-0.05, 0) is 36.8 Å². The number of aromatic amines is 1. The molecule has 0 saturated carbocycles. The normalized spacial score (nSPS) is 11.6. The average molecular weight is 418 g/mol. The Morgan fingerprint density at radius 1 is 1.10 bits per heavy atom. The zero-order valence-corrected chi connectivity index (χ0v) is 15.3. The number of halogens is 3. The largest absolute Gasteiger partial charge is 0.573 e. The maximum Gasteiger partial charge on any atom is 0.573 e. The second kappa shape index (κ2) is 7.46. The fourth-order valence-electron chi connectivity index (χ4n) is 2.61. The Balaban J connectivity index is 1.53. The lowest BCUT2D eigenvalue weighted by molar-refractivity contribution is -0.274. The molecule has 0 saturated heterocycles. The highest BCUT2D eigenvalue weighted by atomic mass is 19.4. The maximum absolute atomic E-state index is 12.3. The van der Waals surface area contributed by atoms with Crippen molar-refractivity contribution >= 4 is 0 Å². The SMILES string of the molecule is Cc1nc(-c2nc(-c3ccc(OC(F)(F)F)cc3)no2)nn1Cc1ccc(=O)[nH]c1. The van der Waals surface area contributed by atoms with Crippen LogP contribution in [-0.2, 0) is 6.54 Å². The summed E-state index contributed by atoms with van der Waals surface area (Å²) in [5, 5.41) is 8.15. The van der Waals surface area contributed by atoms with Crippen molar-refractivity contribution in [2.75, 3.05) is 0 Å². The predicted molar refractivity (Wildman–Crippen MR) is 96.3 cm³/mol. The number of aryl methyl sites for hydroxylation is 1. The van der Waals surface area contributed by atoms with Crippen LogP contribution in [0.25, 0.3) is 23.1 Å². The highest BCUT2D eigenvalue weighted by Crippen LogP contribution is 2.26. The molecule has 3 aromatic heterocycles. The van der Waals surface area contributed by atoms with E-state index >= 15 is 0 Å². The monoisotopic (exact) mass is 418 g/mol. The second-order valence-electron chi connectivity index (χ2n) is 6.20. The molecule has 3 heterocycles. The van der Waals surface area contributed by atoms with E-state index in [0.29, 0.717) is 17.9 Å². The number of hydrogen-bond donors (Lipinski definition) is 1. The zero-order valence-electron chi connectivity index (χ0n) is 15.3. The van der Waals surface area contributed by atoms with E-state index in [4.69, 9.17) is 4.52 Å². The van der Waals surface area contributed by atoms with Gasteiger partial charge in [0.15, 0.2) is 0 Å². The summed E-state index contributed by atoms with van der Waals surface area (Å²) in [5.41, 5.74) is 1.05. The predicted octanol–water partition coefficient (Wildman–Crippen LogP) is 2.94. The molecule has 1 N–H and O–H groups in total. The molecule has 0 aliphatic heterocycles. The molecule has 0 amide bonds. The average Bonchev–Trinajstić information content (AvgIpc) is 3.30. The van der Waals surface area contributed by atoms with Gasteiger partial charge in [0.05, 0.1) is 6.54 Å². The zero-order chi connectivity index (χ0) is 21.3. The van der Waals surface area contributed by atoms with Crippen molar-refractivity contribution in [3.05, 3.63) is 64.3 Å². The van der Waals surface area contributed by atoms with Crippen LogP contribution in [0.5, 0.6) is 5.75 Å². The van der Waals surface area contributed by atoms with Crippen molar-refractivity contribution in [3.8, 4) is 28.9 Å². The Kier molecular flexibility index (Phi) is 4.82. The van der Waals surface area contributed by atoms with Gasteiger partial charge in [-0.15, -0.1) is 18.3 Å². The molecule has 9 nitrogen and oxygen atoms in total. The van der Waals surface area contributed by atoms with Crippen LogP contribution < -0.4 is 10.3 Å². The molecule has 0 aliphatic carbocycles. The summed E-state index contributed by atoms with van der Waals surface area (Å²) in [4.78, 5) is 22.2. The van der Waals surface area contributed by atoms with Gasteiger partial charge in [0.25, 0.3) is 5.89 Å². The highest BCUT2D eigenvalue weighted by molar-refractivity contribution is 5.57. The highest BCUT2D eigenvalue weighted by Gasteiger charge is 2.31. The van der Waals surface area contributed by atoms with E-state index in [0.717, 1.165) is 17.7 Å². The number of hydrogen-bond acceptors (Lipinski definition) is 7. The molecule has 4 rings (SSSR count). The van der Waals surface area contributed by atoms with Gasteiger partial charge in [-0.3, -0.25) is 4.79 Å². The quantitative estimate of drug-likeness (QED) is 0.530. The van der Waals surface area contributed by atoms with Crippen molar-refractivity contribution in [1.82, 2.24) is 29.9 Å². The number of alkyl halides is 3. The molecule has 12 heteroatoms. The van der Waals surface area contributed by atoms with Gasteiger partial charge in [-0.2, -0.15) is 4.98 Å². The summed E-state index contributed by atoms with van der Waals surface area (Å²) in [6.45, 7) is 2.12. The lowest BCUT2D eigenvalue weighted by Gasteiger charge is -2.08. The van der Waals surface area contributed by atoms with Crippen LogP contribution in [0, 0.1) is 6.92 Å². The van der Waals surface area contributed by atoms with Crippen molar-refractivity contribution in [2.24, 2.45) is 0 Å². The molecule has 0 aliphatic rings. The van der Waals surface area contributed by atoms with Crippen molar-refractivity contribution in [3.63, 3.8) is 0 Å². The van der Waals surface area contributed by atoms with Crippen LogP contribution in [0.4, 0.5) is 13.2 Å². The summed E-state index contributed by atoms with van der Waals surface area (Å²) in [6.07, 6.45) is -3.18. The number of H-pyrrole nitrogens is 1. The van der Waals surface area contributed by atoms with Gasteiger partial charge in [-0.25, -0.2) is 9.67 Å². The first kappa shape index (κ1) is 19.4. The molecule has 0 radical (unpaired) electrons.